The van der Waals surface area contributed by atoms with E-state index in [4.69, 9.17) is 9.84 Å². The molecule has 0 unspecified atom stereocenters. The van der Waals surface area contributed by atoms with Crippen molar-refractivity contribution in [3.63, 3.8) is 0 Å². The van der Waals surface area contributed by atoms with Gasteiger partial charge >= 0.3 is 5.97 Å². The maximum atomic E-state index is 14.9. The Balaban J connectivity index is 1.76. The fourth-order valence-corrected chi connectivity index (χ4v) is 3.82. The van der Waals surface area contributed by atoms with Crippen LogP contribution in [-0.4, -0.2) is 28.6 Å². The number of hydrogen-bond donors (Lipinski definition) is 2. The summed E-state index contributed by atoms with van der Waals surface area (Å²) < 4.78 is 49.1. The molecule has 1 heterocycles. The van der Waals surface area contributed by atoms with Gasteiger partial charge in [-0.1, -0.05) is 25.8 Å². The van der Waals surface area contributed by atoms with Crippen LogP contribution in [0.3, 0.4) is 0 Å². The Hall–Kier alpha value is -3.66. The fourth-order valence-electron chi connectivity index (χ4n) is 3.11. The molecule has 1 aromatic heterocycles. The molecule has 3 rings (SSSR count). The van der Waals surface area contributed by atoms with Crippen LogP contribution in [0.5, 0.6) is 5.75 Å². The quantitative estimate of drug-likeness (QED) is 0.242. The highest BCUT2D eigenvalue weighted by atomic mass is 32.1. The van der Waals surface area contributed by atoms with E-state index in [-0.39, 0.29) is 33.3 Å². The highest BCUT2D eigenvalue weighted by Gasteiger charge is 2.18. The lowest BCUT2D eigenvalue weighted by Crippen LogP contribution is -2.13. The summed E-state index contributed by atoms with van der Waals surface area (Å²) in [5, 5.41) is 13.0. The largest absolute Gasteiger partial charge is 0.490 e. The van der Waals surface area contributed by atoms with Crippen LogP contribution in [0.25, 0.3) is 17.3 Å². The maximum Gasteiger partial charge on any atom is 0.331 e. The summed E-state index contributed by atoms with van der Waals surface area (Å²) in [6, 6.07) is 6.30. The zero-order valence-corrected chi connectivity index (χ0v) is 19.8. The summed E-state index contributed by atoms with van der Waals surface area (Å²) in [5.41, 5.74) is -0.695. The van der Waals surface area contributed by atoms with E-state index in [2.05, 4.69) is 17.2 Å². The number of anilines is 1. The number of thiazole rings is 1. The molecule has 0 bridgehead atoms. The van der Waals surface area contributed by atoms with E-state index in [0.29, 0.717) is 6.61 Å². The van der Waals surface area contributed by atoms with Gasteiger partial charge in [-0.15, -0.1) is 11.3 Å². The van der Waals surface area contributed by atoms with E-state index in [0.717, 1.165) is 48.8 Å². The number of hydrogen-bond acceptors (Lipinski definition) is 5. The minimum Gasteiger partial charge on any atom is -0.490 e. The number of aliphatic carboxylic acids is 1. The minimum absolute atomic E-state index is 0.102. The van der Waals surface area contributed by atoms with Crippen LogP contribution in [-0.2, 0) is 4.79 Å². The Morgan fingerprint density at radius 2 is 1.89 bits per heavy atom. The van der Waals surface area contributed by atoms with Crippen LogP contribution in [0, 0.1) is 17.5 Å². The highest BCUT2D eigenvalue weighted by molar-refractivity contribution is 7.14. The number of benzene rings is 2. The normalized spacial score (nSPS) is 11.4. The van der Waals surface area contributed by atoms with Gasteiger partial charge in [-0.05, 0) is 43.7 Å². The van der Waals surface area contributed by atoms with E-state index < -0.39 is 34.9 Å². The van der Waals surface area contributed by atoms with Crippen LogP contribution >= 0.6 is 11.3 Å². The molecular formula is C25H23F3N2O4S. The summed E-state index contributed by atoms with van der Waals surface area (Å²) in [5.74, 6) is -4.80. The molecule has 6 nitrogen and oxygen atoms in total. The number of rotatable bonds is 10. The van der Waals surface area contributed by atoms with Crippen molar-refractivity contribution >= 4 is 34.4 Å². The second-order valence-corrected chi connectivity index (χ2v) is 8.51. The number of halogens is 3. The Morgan fingerprint density at radius 3 is 2.54 bits per heavy atom. The second kappa shape index (κ2) is 11.7. The van der Waals surface area contributed by atoms with Gasteiger partial charge in [-0.25, -0.2) is 22.9 Å². The van der Waals surface area contributed by atoms with Crippen molar-refractivity contribution < 1.29 is 32.6 Å². The minimum atomic E-state index is -1.32. The molecule has 0 aliphatic rings. The van der Waals surface area contributed by atoms with Gasteiger partial charge in [-0.2, -0.15) is 0 Å². The van der Waals surface area contributed by atoms with Crippen LogP contribution in [0.15, 0.2) is 41.3 Å². The van der Waals surface area contributed by atoms with Gasteiger partial charge in [0, 0.05) is 27.6 Å². The van der Waals surface area contributed by atoms with Gasteiger partial charge < -0.3 is 9.84 Å². The van der Waals surface area contributed by atoms with E-state index in [1.165, 1.54) is 19.1 Å². The summed E-state index contributed by atoms with van der Waals surface area (Å²) in [7, 11) is 0. The third kappa shape index (κ3) is 6.48. The van der Waals surface area contributed by atoms with Crippen molar-refractivity contribution in [2.75, 3.05) is 11.9 Å². The van der Waals surface area contributed by atoms with E-state index in [1.807, 2.05) is 0 Å². The number of unbranched alkanes of at least 4 members (excludes halogenated alkanes) is 2. The fraction of sp³-hybridized carbons (Fsp3) is 0.240. The van der Waals surface area contributed by atoms with Gasteiger partial charge in [0.1, 0.15) is 11.6 Å². The molecule has 0 aliphatic heterocycles. The summed E-state index contributed by atoms with van der Waals surface area (Å²) in [6.45, 7) is 3.64. The van der Waals surface area contributed by atoms with Crippen molar-refractivity contribution in [3.8, 4) is 17.0 Å². The lowest BCUT2D eigenvalue weighted by atomic mass is 10.1. The average Bonchev–Trinajstić information content (AvgIpc) is 3.27. The Labute approximate surface area is 204 Å². The van der Waals surface area contributed by atoms with Crippen LogP contribution < -0.4 is 10.1 Å². The standard InChI is InChI=1S/C25H23F3N2O4S/c1-3-4-5-9-34-21-8-6-7-16(22(21)28)20-13-35-25(29-20)30-23(31)15-11-18(26)17(19(27)12-15)10-14(2)24(32)33/h6-8,10-13H,3-5,9H2,1-2H3,(H,32,33)(H,29,30,31). The smallest absolute Gasteiger partial charge is 0.331 e. The number of ether oxygens (including phenoxy) is 1. The van der Waals surface area contributed by atoms with E-state index in [1.54, 1.807) is 11.4 Å². The molecule has 1 amide bonds. The molecule has 35 heavy (non-hydrogen) atoms. The topological polar surface area (TPSA) is 88.5 Å². The third-order valence-electron chi connectivity index (χ3n) is 5.01. The first-order valence-electron chi connectivity index (χ1n) is 10.8. The first-order chi connectivity index (χ1) is 16.7. The SMILES string of the molecule is CCCCCOc1cccc(-c2csc(NC(=O)c3cc(F)c(C=C(C)C(=O)O)c(F)c3)n2)c1F. The Bertz CT molecular complexity index is 1250. The van der Waals surface area contributed by atoms with Crippen molar-refractivity contribution in [2.24, 2.45) is 0 Å². The molecule has 0 radical (unpaired) electrons. The molecule has 0 saturated carbocycles. The molecule has 0 aliphatic carbocycles. The van der Waals surface area contributed by atoms with Crippen molar-refractivity contribution in [3.05, 3.63) is 69.9 Å². The zero-order valence-electron chi connectivity index (χ0n) is 19.0. The summed E-state index contributed by atoms with van der Waals surface area (Å²) in [4.78, 5) is 27.6. The number of carbonyl (C=O) groups is 2. The number of aromatic nitrogens is 1. The molecule has 0 saturated heterocycles. The monoisotopic (exact) mass is 504 g/mol. The summed E-state index contributed by atoms with van der Waals surface area (Å²) in [6.07, 6.45) is 3.65. The second-order valence-electron chi connectivity index (χ2n) is 7.65. The molecule has 0 spiro atoms. The number of nitrogens with one attached hydrogen (secondary N) is 1. The molecule has 2 aromatic carbocycles. The van der Waals surface area contributed by atoms with Crippen LogP contribution in [0.4, 0.5) is 18.3 Å². The number of amides is 1. The predicted molar refractivity (Wildman–Crippen MR) is 128 cm³/mol. The molecule has 184 valence electrons. The molecular weight excluding hydrogens is 481 g/mol. The first kappa shape index (κ1) is 26.0. The summed E-state index contributed by atoms with van der Waals surface area (Å²) >= 11 is 1.02. The number of carboxylic acid groups (broad SMARTS) is 1. The zero-order chi connectivity index (χ0) is 25.5. The highest BCUT2D eigenvalue weighted by Crippen LogP contribution is 2.32. The predicted octanol–water partition coefficient (Wildman–Crippen LogP) is 6.54. The average molecular weight is 505 g/mol. The molecule has 10 heteroatoms. The first-order valence-corrected chi connectivity index (χ1v) is 11.7. The third-order valence-corrected chi connectivity index (χ3v) is 5.77. The van der Waals surface area contributed by atoms with E-state index in [9.17, 15) is 22.8 Å². The maximum absolute atomic E-state index is 14.9. The molecule has 0 fully saturated rings. The number of nitrogens with zero attached hydrogens (tertiary/aromatic N) is 1. The van der Waals surface area contributed by atoms with Gasteiger partial charge in [0.25, 0.3) is 5.91 Å². The van der Waals surface area contributed by atoms with Gasteiger partial charge in [0.15, 0.2) is 16.7 Å². The van der Waals surface area contributed by atoms with E-state index >= 15 is 0 Å². The van der Waals surface area contributed by atoms with Crippen molar-refractivity contribution in [2.45, 2.75) is 33.1 Å². The number of carbonyl (C=O) groups excluding carboxylic acids is 1. The van der Waals surface area contributed by atoms with Gasteiger partial charge in [-0.3, -0.25) is 10.1 Å². The van der Waals surface area contributed by atoms with Crippen molar-refractivity contribution in [1.29, 1.82) is 0 Å². The van der Waals surface area contributed by atoms with Crippen LogP contribution in [0.2, 0.25) is 0 Å². The lowest BCUT2D eigenvalue weighted by Gasteiger charge is -2.09. The lowest BCUT2D eigenvalue weighted by molar-refractivity contribution is -0.132. The number of carboxylic acids is 1. The Morgan fingerprint density at radius 1 is 1.17 bits per heavy atom. The van der Waals surface area contributed by atoms with Gasteiger partial charge in [0.2, 0.25) is 0 Å². The van der Waals surface area contributed by atoms with Crippen LogP contribution in [0.1, 0.15) is 49.0 Å². The molecule has 2 N–H and O–H groups in total. The van der Waals surface area contributed by atoms with Crippen molar-refractivity contribution in [1.82, 2.24) is 4.98 Å². The van der Waals surface area contributed by atoms with Gasteiger partial charge in [0.05, 0.1) is 12.3 Å². The Kier molecular flexibility index (Phi) is 8.64. The molecule has 0 atom stereocenters. The molecule has 3 aromatic rings.